The van der Waals surface area contributed by atoms with Crippen LogP contribution in [-0.2, 0) is 16.6 Å². The SMILES string of the molecule is COc1ccc2c3c1O[C@H]1C(OC)[C@@H]([C@H](C)O)CC4[C@@H](C2)N(C)CC[C@@]341. The van der Waals surface area contributed by atoms with Crippen molar-refractivity contribution in [3.63, 3.8) is 0 Å². The minimum absolute atomic E-state index is 0.0132. The molecule has 2 heterocycles. The van der Waals surface area contributed by atoms with Crippen molar-refractivity contribution < 1.29 is 19.3 Å². The van der Waals surface area contributed by atoms with E-state index >= 15 is 0 Å². The number of ether oxygens (including phenoxy) is 3. The Morgan fingerprint density at radius 1 is 1.35 bits per heavy atom. The van der Waals surface area contributed by atoms with Crippen molar-refractivity contribution in [2.75, 3.05) is 27.8 Å². The van der Waals surface area contributed by atoms with E-state index in [1.807, 2.05) is 13.0 Å². The second-order valence-corrected chi connectivity index (χ2v) is 8.66. The van der Waals surface area contributed by atoms with Gasteiger partial charge in [-0.15, -0.1) is 0 Å². The van der Waals surface area contributed by atoms with Crippen molar-refractivity contribution in [1.82, 2.24) is 4.90 Å². The van der Waals surface area contributed by atoms with Gasteiger partial charge in [-0.1, -0.05) is 6.07 Å². The Labute approximate surface area is 155 Å². The van der Waals surface area contributed by atoms with Crippen molar-refractivity contribution in [3.8, 4) is 11.5 Å². The lowest BCUT2D eigenvalue weighted by Gasteiger charge is -2.60. The molecule has 1 aromatic rings. The number of likely N-dealkylation sites (N-methyl/N-ethyl adjacent to an activating group) is 1. The lowest BCUT2D eigenvalue weighted by Crippen LogP contribution is -2.69. The summed E-state index contributed by atoms with van der Waals surface area (Å²) in [5.41, 5.74) is 2.77. The number of nitrogens with zero attached hydrogens (tertiary/aromatic N) is 1. The summed E-state index contributed by atoms with van der Waals surface area (Å²) in [4.78, 5) is 2.52. The molecule has 26 heavy (non-hydrogen) atoms. The van der Waals surface area contributed by atoms with Crippen LogP contribution in [0.5, 0.6) is 11.5 Å². The molecule has 1 saturated carbocycles. The number of aliphatic hydroxyl groups excluding tert-OH is 1. The summed E-state index contributed by atoms with van der Waals surface area (Å²) < 4.78 is 18.3. The molecule has 5 heteroatoms. The van der Waals surface area contributed by atoms with E-state index in [4.69, 9.17) is 14.2 Å². The van der Waals surface area contributed by atoms with Gasteiger partial charge in [0.2, 0.25) is 0 Å². The molecule has 7 atom stereocenters. The summed E-state index contributed by atoms with van der Waals surface area (Å²) in [5, 5.41) is 10.5. The van der Waals surface area contributed by atoms with Crippen LogP contribution in [0.4, 0.5) is 0 Å². The van der Waals surface area contributed by atoms with Crippen LogP contribution in [0.2, 0.25) is 0 Å². The fourth-order valence-electron chi connectivity index (χ4n) is 6.64. The molecule has 1 saturated heterocycles. The van der Waals surface area contributed by atoms with Crippen molar-refractivity contribution in [3.05, 3.63) is 23.3 Å². The molecule has 5 nitrogen and oxygen atoms in total. The Bertz CT molecular complexity index is 735. The highest BCUT2D eigenvalue weighted by atomic mass is 16.6. The zero-order valence-corrected chi connectivity index (χ0v) is 16.1. The van der Waals surface area contributed by atoms with Crippen molar-refractivity contribution in [1.29, 1.82) is 0 Å². The highest BCUT2D eigenvalue weighted by Gasteiger charge is 2.67. The molecule has 2 bridgehead atoms. The molecule has 142 valence electrons. The van der Waals surface area contributed by atoms with Crippen LogP contribution in [-0.4, -0.2) is 62.2 Å². The van der Waals surface area contributed by atoms with Gasteiger partial charge < -0.3 is 24.2 Å². The number of methoxy groups -OCH3 is 2. The first-order valence-corrected chi connectivity index (χ1v) is 9.81. The molecule has 1 N–H and O–H groups in total. The van der Waals surface area contributed by atoms with Crippen molar-refractivity contribution in [2.45, 2.75) is 56.0 Å². The molecule has 4 aliphatic rings. The molecule has 5 rings (SSSR count). The number of hydrogen-bond acceptors (Lipinski definition) is 5. The van der Waals surface area contributed by atoms with Gasteiger partial charge in [0.15, 0.2) is 11.5 Å². The third-order valence-electron chi connectivity index (χ3n) is 7.78. The van der Waals surface area contributed by atoms with Crippen LogP contribution in [0.3, 0.4) is 0 Å². The maximum Gasteiger partial charge on any atom is 0.165 e. The smallest absolute Gasteiger partial charge is 0.165 e. The second-order valence-electron chi connectivity index (χ2n) is 8.66. The van der Waals surface area contributed by atoms with Crippen LogP contribution in [0, 0.1) is 11.8 Å². The van der Waals surface area contributed by atoms with E-state index < -0.39 is 6.10 Å². The van der Waals surface area contributed by atoms with E-state index in [-0.39, 0.29) is 23.5 Å². The van der Waals surface area contributed by atoms with Crippen LogP contribution >= 0.6 is 0 Å². The summed E-state index contributed by atoms with van der Waals surface area (Å²) in [5.74, 6) is 2.33. The third kappa shape index (κ3) is 1.87. The first kappa shape index (κ1) is 16.8. The second kappa shape index (κ2) is 5.60. The van der Waals surface area contributed by atoms with Gasteiger partial charge in [0.1, 0.15) is 12.2 Å². The van der Waals surface area contributed by atoms with Crippen LogP contribution in [0.25, 0.3) is 0 Å². The van der Waals surface area contributed by atoms with Crippen LogP contribution in [0.15, 0.2) is 12.1 Å². The third-order valence-corrected chi connectivity index (χ3v) is 7.78. The van der Waals surface area contributed by atoms with Gasteiger partial charge in [0.05, 0.1) is 13.2 Å². The molecule has 1 aromatic carbocycles. The van der Waals surface area contributed by atoms with Gasteiger partial charge in [-0.05, 0) is 57.3 Å². The predicted molar refractivity (Wildman–Crippen MR) is 97.9 cm³/mol. The van der Waals surface area contributed by atoms with E-state index in [0.29, 0.717) is 12.0 Å². The van der Waals surface area contributed by atoms with Crippen LogP contribution in [0.1, 0.15) is 30.9 Å². The molecular formula is C21H29NO4. The van der Waals surface area contributed by atoms with Gasteiger partial charge in [-0.2, -0.15) is 0 Å². The number of hydrogen-bond donors (Lipinski definition) is 1. The number of benzene rings is 1. The molecule has 2 aliphatic carbocycles. The number of aliphatic hydroxyl groups is 1. The van der Waals surface area contributed by atoms with Gasteiger partial charge in [0.25, 0.3) is 0 Å². The van der Waals surface area contributed by atoms with Crippen molar-refractivity contribution in [2.24, 2.45) is 11.8 Å². The summed E-state index contributed by atoms with van der Waals surface area (Å²) in [6, 6.07) is 4.78. The Kier molecular flexibility index (Phi) is 3.63. The summed E-state index contributed by atoms with van der Waals surface area (Å²) in [7, 11) is 5.72. The largest absolute Gasteiger partial charge is 0.493 e. The molecular weight excluding hydrogens is 330 g/mol. The van der Waals surface area contributed by atoms with Gasteiger partial charge in [-0.25, -0.2) is 0 Å². The molecule has 1 spiro atoms. The van der Waals surface area contributed by atoms with E-state index in [0.717, 1.165) is 37.3 Å². The minimum atomic E-state index is -0.404. The molecule has 0 aromatic heterocycles. The Balaban J connectivity index is 1.74. The number of piperidine rings is 1. The van der Waals surface area contributed by atoms with E-state index in [2.05, 4.69) is 18.0 Å². The fraction of sp³-hybridized carbons (Fsp3) is 0.714. The van der Waals surface area contributed by atoms with Gasteiger partial charge in [0, 0.05) is 30.0 Å². The predicted octanol–water partition coefficient (Wildman–Crippen LogP) is 1.99. The summed E-state index contributed by atoms with van der Waals surface area (Å²) >= 11 is 0. The maximum absolute atomic E-state index is 10.5. The highest BCUT2D eigenvalue weighted by molar-refractivity contribution is 5.61. The molecule has 2 aliphatic heterocycles. The van der Waals surface area contributed by atoms with E-state index in [9.17, 15) is 5.11 Å². The monoisotopic (exact) mass is 359 g/mol. The topological polar surface area (TPSA) is 51.2 Å². The quantitative estimate of drug-likeness (QED) is 0.894. The Morgan fingerprint density at radius 3 is 2.85 bits per heavy atom. The Hall–Kier alpha value is -1.30. The number of likely N-dealkylation sites (tertiary alicyclic amines) is 1. The molecule has 2 unspecified atom stereocenters. The molecule has 0 radical (unpaired) electrons. The van der Waals surface area contributed by atoms with E-state index in [1.165, 1.54) is 11.1 Å². The van der Waals surface area contributed by atoms with E-state index in [1.54, 1.807) is 14.2 Å². The lowest BCUT2D eigenvalue weighted by molar-refractivity contribution is -0.157. The summed E-state index contributed by atoms with van der Waals surface area (Å²) in [6.45, 7) is 2.97. The molecule has 2 fully saturated rings. The average Bonchev–Trinajstić information content (AvgIpc) is 2.98. The van der Waals surface area contributed by atoms with Crippen molar-refractivity contribution >= 4 is 0 Å². The maximum atomic E-state index is 10.5. The summed E-state index contributed by atoms with van der Waals surface area (Å²) in [6.07, 6.45) is 2.57. The van der Waals surface area contributed by atoms with Gasteiger partial charge >= 0.3 is 0 Å². The fourth-order valence-corrected chi connectivity index (χ4v) is 6.64. The normalized spacial score (nSPS) is 41.3. The van der Waals surface area contributed by atoms with Crippen LogP contribution < -0.4 is 9.47 Å². The zero-order valence-electron chi connectivity index (χ0n) is 16.1. The Morgan fingerprint density at radius 2 is 2.15 bits per heavy atom. The average molecular weight is 359 g/mol. The minimum Gasteiger partial charge on any atom is -0.493 e. The first-order chi connectivity index (χ1) is 12.5. The molecule has 0 amide bonds. The highest BCUT2D eigenvalue weighted by Crippen LogP contribution is 2.65. The van der Waals surface area contributed by atoms with Gasteiger partial charge in [-0.3, -0.25) is 0 Å². The zero-order chi connectivity index (χ0) is 18.2. The lowest BCUT2D eigenvalue weighted by atomic mass is 9.49. The number of rotatable bonds is 3. The first-order valence-electron chi connectivity index (χ1n) is 9.81. The standard InChI is InChI=1S/C21H29NO4/c1-11(23)13-10-14-15-9-12-5-6-16(24-3)19-17(12)21(14,7-8-22(15)2)20(26-19)18(13)25-4/h5-6,11,13-15,18,20,23H,7-10H2,1-4H3/t11-,13+,14?,15+,18?,20-,21-/m0/s1.